The summed E-state index contributed by atoms with van der Waals surface area (Å²) in [5, 5.41) is 9.63. The fraction of sp³-hybridized carbons (Fsp3) is 0.273. The molecule has 0 atom stereocenters. The van der Waals surface area contributed by atoms with E-state index in [9.17, 15) is 12.8 Å². The minimum absolute atomic E-state index is 0.0285. The lowest BCUT2D eigenvalue weighted by atomic mass is 9.98. The van der Waals surface area contributed by atoms with Crippen LogP contribution in [0.25, 0.3) is 10.9 Å². The first-order valence-electron chi connectivity index (χ1n) is 9.49. The summed E-state index contributed by atoms with van der Waals surface area (Å²) in [6.07, 6.45) is 3.11. The third-order valence-corrected chi connectivity index (χ3v) is 7.20. The zero-order valence-electron chi connectivity index (χ0n) is 16.0. The number of pyridine rings is 1. The second-order valence-electron chi connectivity index (χ2n) is 7.42. The van der Waals surface area contributed by atoms with E-state index in [0.29, 0.717) is 30.1 Å². The lowest BCUT2D eigenvalue weighted by molar-refractivity contribution is 0.437. The zero-order chi connectivity index (χ0) is 20.6. The molecule has 0 radical (unpaired) electrons. The molecule has 1 aliphatic rings. The Morgan fingerprint density at radius 3 is 2.62 bits per heavy atom. The predicted octanol–water partition coefficient (Wildman–Crippen LogP) is 4.31. The number of halogens is 1. The van der Waals surface area contributed by atoms with Crippen LogP contribution in [-0.4, -0.2) is 26.5 Å². The SMILES string of the molecule is CC1CCN(c2c(S(=O)(=O)c3cccc(C#N)c3)cnc3c(F)cccc23)CC1. The minimum atomic E-state index is -3.95. The number of rotatable bonds is 3. The van der Waals surface area contributed by atoms with E-state index in [0.717, 1.165) is 12.8 Å². The van der Waals surface area contributed by atoms with Crippen LogP contribution in [0.3, 0.4) is 0 Å². The van der Waals surface area contributed by atoms with Gasteiger partial charge in [-0.1, -0.05) is 25.1 Å². The van der Waals surface area contributed by atoms with Crippen LogP contribution in [0.2, 0.25) is 0 Å². The summed E-state index contributed by atoms with van der Waals surface area (Å²) in [6.45, 7) is 3.56. The van der Waals surface area contributed by atoms with Crippen molar-refractivity contribution < 1.29 is 12.8 Å². The van der Waals surface area contributed by atoms with E-state index in [2.05, 4.69) is 11.9 Å². The normalized spacial score (nSPS) is 15.4. The van der Waals surface area contributed by atoms with Crippen molar-refractivity contribution in [1.82, 2.24) is 4.98 Å². The Bertz CT molecular complexity index is 1230. The van der Waals surface area contributed by atoms with Gasteiger partial charge in [-0.2, -0.15) is 5.26 Å². The van der Waals surface area contributed by atoms with Crippen molar-refractivity contribution in [3.63, 3.8) is 0 Å². The molecule has 1 fully saturated rings. The standard InChI is InChI=1S/C22H20FN3O2S/c1-15-8-10-26(11-9-15)22-18-6-3-7-19(23)21(18)25-14-20(22)29(27,28)17-5-2-4-16(12-17)13-24/h2-7,12,14-15H,8-11H2,1H3. The number of hydrogen-bond acceptors (Lipinski definition) is 5. The van der Waals surface area contributed by atoms with Gasteiger partial charge in [0.05, 0.1) is 22.2 Å². The van der Waals surface area contributed by atoms with Crippen molar-refractivity contribution in [2.75, 3.05) is 18.0 Å². The summed E-state index contributed by atoms with van der Waals surface area (Å²) in [5.41, 5.74) is 0.911. The number of anilines is 1. The van der Waals surface area contributed by atoms with E-state index < -0.39 is 15.7 Å². The van der Waals surface area contributed by atoms with Gasteiger partial charge in [-0.25, -0.2) is 12.8 Å². The van der Waals surface area contributed by atoms with Crippen LogP contribution in [-0.2, 0) is 9.84 Å². The number of nitrogens with zero attached hydrogens (tertiary/aromatic N) is 3. The van der Waals surface area contributed by atoms with Crippen molar-refractivity contribution in [3.8, 4) is 6.07 Å². The van der Waals surface area contributed by atoms with Gasteiger partial charge in [0.1, 0.15) is 16.2 Å². The summed E-state index contributed by atoms with van der Waals surface area (Å²) in [5.74, 6) is 0.0769. The lowest BCUT2D eigenvalue weighted by Gasteiger charge is -2.34. The van der Waals surface area contributed by atoms with Gasteiger partial charge >= 0.3 is 0 Å². The van der Waals surface area contributed by atoms with E-state index in [-0.39, 0.29) is 20.9 Å². The maximum absolute atomic E-state index is 14.4. The van der Waals surface area contributed by atoms with Crippen LogP contribution >= 0.6 is 0 Å². The van der Waals surface area contributed by atoms with Gasteiger partial charge in [0, 0.05) is 24.7 Å². The van der Waals surface area contributed by atoms with E-state index in [1.54, 1.807) is 24.3 Å². The molecule has 2 heterocycles. The highest BCUT2D eigenvalue weighted by molar-refractivity contribution is 7.91. The average Bonchev–Trinajstić information content (AvgIpc) is 2.74. The third kappa shape index (κ3) is 3.45. The topological polar surface area (TPSA) is 74.1 Å². The first-order valence-corrected chi connectivity index (χ1v) is 11.0. The van der Waals surface area contributed by atoms with E-state index in [4.69, 9.17) is 5.26 Å². The number of para-hydroxylation sites is 1. The molecule has 148 valence electrons. The number of aromatic nitrogens is 1. The molecule has 1 saturated heterocycles. The summed E-state index contributed by atoms with van der Waals surface area (Å²) in [6, 6.07) is 12.5. The maximum Gasteiger partial charge on any atom is 0.210 e. The summed E-state index contributed by atoms with van der Waals surface area (Å²) in [4.78, 5) is 6.23. The molecule has 0 amide bonds. The monoisotopic (exact) mass is 409 g/mol. The molecule has 0 spiro atoms. The lowest BCUT2D eigenvalue weighted by Crippen LogP contribution is -2.34. The molecule has 0 unspecified atom stereocenters. The Morgan fingerprint density at radius 1 is 1.17 bits per heavy atom. The second kappa shape index (κ2) is 7.45. The van der Waals surface area contributed by atoms with E-state index in [1.165, 1.54) is 24.4 Å². The molecule has 3 aromatic rings. The molecule has 0 bridgehead atoms. The Hall–Kier alpha value is -2.98. The van der Waals surface area contributed by atoms with Gasteiger partial charge < -0.3 is 4.90 Å². The quantitative estimate of drug-likeness (QED) is 0.644. The molecule has 0 N–H and O–H groups in total. The Labute approximate surface area is 169 Å². The zero-order valence-corrected chi connectivity index (χ0v) is 16.8. The fourth-order valence-electron chi connectivity index (χ4n) is 3.77. The molecular weight excluding hydrogens is 389 g/mol. The van der Waals surface area contributed by atoms with Crippen molar-refractivity contribution in [2.45, 2.75) is 29.6 Å². The number of sulfone groups is 1. The Balaban J connectivity index is 1.96. The van der Waals surface area contributed by atoms with Crippen LogP contribution in [0, 0.1) is 23.1 Å². The van der Waals surface area contributed by atoms with E-state index in [1.807, 2.05) is 11.0 Å². The van der Waals surface area contributed by atoms with Gasteiger partial charge in [0.25, 0.3) is 0 Å². The smallest absolute Gasteiger partial charge is 0.210 e. The molecule has 0 aliphatic carbocycles. The van der Waals surface area contributed by atoms with Gasteiger partial charge in [-0.3, -0.25) is 4.98 Å². The predicted molar refractivity (Wildman–Crippen MR) is 109 cm³/mol. The van der Waals surface area contributed by atoms with Crippen molar-refractivity contribution in [3.05, 3.63) is 60.0 Å². The summed E-state index contributed by atoms with van der Waals surface area (Å²) < 4.78 is 41.4. The second-order valence-corrected chi connectivity index (χ2v) is 9.34. The van der Waals surface area contributed by atoms with Crippen LogP contribution in [0.15, 0.2) is 58.5 Å². The number of hydrogen-bond donors (Lipinski definition) is 0. The van der Waals surface area contributed by atoms with Crippen molar-refractivity contribution >= 4 is 26.4 Å². The molecule has 4 rings (SSSR count). The van der Waals surface area contributed by atoms with Gasteiger partial charge in [0.2, 0.25) is 9.84 Å². The first kappa shape index (κ1) is 19.3. The molecular formula is C22H20FN3O2S. The molecule has 5 nitrogen and oxygen atoms in total. The summed E-state index contributed by atoms with van der Waals surface area (Å²) in [7, 11) is -3.95. The third-order valence-electron chi connectivity index (χ3n) is 5.45. The van der Waals surface area contributed by atoms with Gasteiger partial charge in [0.15, 0.2) is 0 Å². The largest absolute Gasteiger partial charge is 0.370 e. The average molecular weight is 409 g/mol. The van der Waals surface area contributed by atoms with Crippen molar-refractivity contribution in [2.24, 2.45) is 5.92 Å². The number of benzene rings is 2. The molecule has 7 heteroatoms. The van der Waals surface area contributed by atoms with Crippen LogP contribution < -0.4 is 4.90 Å². The molecule has 0 saturated carbocycles. The highest BCUT2D eigenvalue weighted by Gasteiger charge is 2.29. The maximum atomic E-state index is 14.4. The highest BCUT2D eigenvalue weighted by atomic mass is 32.2. The van der Waals surface area contributed by atoms with Crippen LogP contribution in [0.1, 0.15) is 25.3 Å². The fourth-order valence-corrected chi connectivity index (χ4v) is 5.25. The Kier molecular flexibility index (Phi) is 4.97. The summed E-state index contributed by atoms with van der Waals surface area (Å²) >= 11 is 0. The minimum Gasteiger partial charge on any atom is -0.370 e. The van der Waals surface area contributed by atoms with Gasteiger partial charge in [-0.15, -0.1) is 0 Å². The van der Waals surface area contributed by atoms with Crippen molar-refractivity contribution in [1.29, 1.82) is 5.26 Å². The van der Waals surface area contributed by atoms with Crippen LogP contribution in [0.4, 0.5) is 10.1 Å². The first-order chi connectivity index (χ1) is 13.9. The highest BCUT2D eigenvalue weighted by Crippen LogP contribution is 2.38. The number of fused-ring (bicyclic) bond motifs is 1. The molecule has 1 aromatic heterocycles. The van der Waals surface area contributed by atoms with Gasteiger partial charge in [-0.05, 0) is 43.0 Å². The van der Waals surface area contributed by atoms with E-state index >= 15 is 0 Å². The molecule has 2 aromatic carbocycles. The Morgan fingerprint density at radius 2 is 1.90 bits per heavy atom. The number of piperidine rings is 1. The number of nitriles is 1. The van der Waals surface area contributed by atoms with Crippen LogP contribution in [0.5, 0.6) is 0 Å². The molecule has 1 aliphatic heterocycles. The molecule has 29 heavy (non-hydrogen) atoms.